The lowest BCUT2D eigenvalue weighted by atomic mass is 10.0. The van der Waals surface area contributed by atoms with Gasteiger partial charge in [0.15, 0.2) is 0 Å². The molecule has 1 unspecified atom stereocenters. The number of nitrogens with one attached hydrogen (secondary N) is 1. The third-order valence-electron chi connectivity index (χ3n) is 3.03. The van der Waals surface area contributed by atoms with Crippen LogP contribution in [0.5, 0.6) is 11.5 Å². The van der Waals surface area contributed by atoms with Crippen LogP contribution < -0.4 is 20.5 Å². The smallest absolute Gasteiger partial charge is 0.127 e. The maximum Gasteiger partial charge on any atom is 0.127 e. The molecule has 0 bridgehead atoms. The van der Waals surface area contributed by atoms with Crippen molar-refractivity contribution in [3.8, 4) is 11.5 Å². The van der Waals surface area contributed by atoms with Gasteiger partial charge in [-0.2, -0.15) is 0 Å². The van der Waals surface area contributed by atoms with E-state index in [0.717, 1.165) is 37.5 Å². The normalized spacial score (nSPS) is 19.1. The molecule has 1 aromatic rings. The van der Waals surface area contributed by atoms with Gasteiger partial charge >= 0.3 is 0 Å². The first-order chi connectivity index (χ1) is 8.35. The topological polar surface area (TPSA) is 56.5 Å². The van der Waals surface area contributed by atoms with Crippen LogP contribution in [-0.4, -0.2) is 26.8 Å². The van der Waals surface area contributed by atoms with Crippen LogP contribution >= 0.6 is 0 Å². The second kappa shape index (κ2) is 5.89. The van der Waals surface area contributed by atoms with Gasteiger partial charge in [-0.05, 0) is 18.9 Å². The highest BCUT2D eigenvalue weighted by molar-refractivity contribution is 5.43. The van der Waals surface area contributed by atoms with E-state index in [0.29, 0.717) is 12.6 Å². The second-order valence-corrected chi connectivity index (χ2v) is 4.19. The average Bonchev–Trinajstić information content (AvgIpc) is 2.57. The molecular formula is C13H20N2O2. The first-order valence-electron chi connectivity index (χ1n) is 6.09. The lowest BCUT2D eigenvalue weighted by Gasteiger charge is -2.18. The van der Waals surface area contributed by atoms with Gasteiger partial charge in [0, 0.05) is 30.8 Å². The zero-order valence-electron chi connectivity index (χ0n) is 10.2. The number of methoxy groups -OCH3 is 1. The molecule has 1 aromatic carbocycles. The molecule has 3 N–H and O–H groups in total. The van der Waals surface area contributed by atoms with Crippen molar-refractivity contribution in [2.24, 2.45) is 5.73 Å². The molecule has 1 atom stereocenters. The quantitative estimate of drug-likeness (QED) is 0.831. The Bertz CT molecular complexity index is 368. The molecule has 0 aliphatic carbocycles. The lowest BCUT2D eigenvalue weighted by Crippen LogP contribution is -2.27. The SMILES string of the molecule is COc1ccc2c(c1)OCCCC2NCCN. The van der Waals surface area contributed by atoms with Crippen LogP contribution in [0, 0.1) is 0 Å². The number of hydrogen-bond acceptors (Lipinski definition) is 4. The summed E-state index contributed by atoms with van der Waals surface area (Å²) in [6.07, 6.45) is 2.14. The molecule has 17 heavy (non-hydrogen) atoms. The molecule has 0 saturated carbocycles. The number of fused-ring (bicyclic) bond motifs is 1. The Morgan fingerprint density at radius 3 is 3.18 bits per heavy atom. The van der Waals surface area contributed by atoms with Gasteiger partial charge < -0.3 is 20.5 Å². The van der Waals surface area contributed by atoms with Gasteiger partial charge in [-0.25, -0.2) is 0 Å². The molecule has 0 fully saturated rings. The number of nitrogens with two attached hydrogens (primary N) is 1. The average molecular weight is 236 g/mol. The summed E-state index contributed by atoms with van der Waals surface area (Å²) < 4.78 is 11.0. The van der Waals surface area contributed by atoms with E-state index in [1.165, 1.54) is 5.56 Å². The summed E-state index contributed by atoms with van der Waals surface area (Å²) in [6, 6.07) is 6.35. The Morgan fingerprint density at radius 2 is 2.41 bits per heavy atom. The number of ether oxygens (including phenoxy) is 2. The van der Waals surface area contributed by atoms with Crippen LogP contribution in [0.4, 0.5) is 0 Å². The van der Waals surface area contributed by atoms with Gasteiger partial charge in [0.2, 0.25) is 0 Å². The minimum atomic E-state index is 0.335. The summed E-state index contributed by atoms with van der Waals surface area (Å²) in [5.41, 5.74) is 6.74. The predicted octanol–water partition coefficient (Wildman–Crippen LogP) is 1.46. The third-order valence-corrected chi connectivity index (χ3v) is 3.03. The van der Waals surface area contributed by atoms with Gasteiger partial charge in [-0.15, -0.1) is 0 Å². The van der Waals surface area contributed by atoms with E-state index in [-0.39, 0.29) is 0 Å². The molecule has 1 heterocycles. The molecule has 0 aromatic heterocycles. The maximum atomic E-state index is 5.75. The van der Waals surface area contributed by atoms with Crippen molar-refractivity contribution >= 4 is 0 Å². The summed E-state index contributed by atoms with van der Waals surface area (Å²) >= 11 is 0. The predicted molar refractivity (Wildman–Crippen MR) is 67.5 cm³/mol. The van der Waals surface area contributed by atoms with E-state index in [2.05, 4.69) is 11.4 Å². The van der Waals surface area contributed by atoms with Crippen molar-refractivity contribution in [3.05, 3.63) is 23.8 Å². The lowest BCUT2D eigenvalue weighted by molar-refractivity contribution is 0.313. The first kappa shape index (κ1) is 12.2. The molecule has 0 amide bonds. The fourth-order valence-corrected chi connectivity index (χ4v) is 2.15. The largest absolute Gasteiger partial charge is 0.497 e. The minimum Gasteiger partial charge on any atom is -0.497 e. The van der Waals surface area contributed by atoms with E-state index in [1.54, 1.807) is 7.11 Å². The first-order valence-corrected chi connectivity index (χ1v) is 6.09. The molecule has 94 valence electrons. The van der Waals surface area contributed by atoms with Crippen LogP contribution in [-0.2, 0) is 0 Å². The summed E-state index contributed by atoms with van der Waals surface area (Å²) in [4.78, 5) is 0. The molecule has 1 aliphatic heterocycles. The summed E-state index contributed by atoms with van der Waals surface area (Å²) in [5.74, 6) is 1.76. The molecule has 4 heteroatoms. The van der Waals surface area contributed by atoms with E-state index in [1.807, 2.05) is 12.1 Å². The van der Waals surface area contributed by atoms with Crippen LogP contribution in [0.1, 0.15) is 24.4 Å². The van der Waals surface area contributed by atoms with Gasteiger partial charge in [0.25, 0.3) is 0 Å². The van der Waals surface area contributed by atoms with E-state index in [9.17, 15) is 0 Å². The molecular weight excluding hydrogens is 216 g/mol. The Balaban J connectivity index is 2.22. The van der Waals surface area contributed by atoms with Crippen LogP contribution in [0.2, 0.25) is 0 Å². The second-order valence-electron chi connectivity index (χ2n) is 4.19. The Labute approximate surface area is 102 Å². The molecule has 0 saturated heterocycles. The van der Waals surface area contributed by atoms with Gasteiger partial charge in [-0.1, -0.05) is 6.07 Å². The zero-order chi connectivity index (χ0) is 12.1. The highest BCUT2D eigenvalue weighted by Gasteiger charge is 2.19. The van der Waals surface area contributed by atoms with Crippen molar-refractivity contribution < 1.29 is 9.47 Å². The van der Waals surface area contributed by atoms with Crippen LogP contribution in [0.25, 0.3) is 0 Å². The Kier molecular flexibility index (Phi) is 4.23. The van der Waals surface area contributed by atoms with E-state index in [4.69, 9.17) is 15.2 Å². The summed E-state index contributed by atoms with van der Waals surface area (Å²) in [5, 5.41) is 3.46. The highest BCUT2D eigenvalue weighted by atomic mass is 16.5. The van der Waals surface area contributed by atoms with Crippen molar-refractivity contribution in [1.82, 2.24) is 5.32 Å². The van der Waals surface area contributed by atoms with Gasteiger partial charge in [-0.3, -0.25) is 0 Å². The van der Waals surface area contributed by atoms with Gasteiger partial charge in [0.1, 0.15) is 11.5 Å². The van der Waals surface area contributed by atoms with E-state index >= 15 is 0 Å². The minimum absolute atomic E-state index is 0.335. The molecule has 0 radical (unpaired) electrons. The molecule has 0 spiro atoms. The fourth-order valence-electron chi connectivity index (χ4n) is 2.15. The van der Waals surface area contributed by atoms with Crippen molar-refractivity contribution in [2.45, 2.75) is 18.9 Å². The van der Waals surface area contributed by atoms with Crippen molar-refractivity contribution in [2.75, 3.05) is 26.8 Å². The monoisotopic (exact) mass is 236 g/mol. The summed E-state index contributed by atoms with van der Waals surface area (Å²) in [6.45, 7) is 2.25. The Morgan fingerprint density at radius 1 is 1.53 bits per heavy atom. The number of rotatable bonds is 4. The van der Waals surface area contributed by atoms with E-state index < -0.39 is 0 Å². The Hall–Kier alpha value is -1.26. The van der Waals surface area contributed by atoms with Crippen molar-refractivity contribution in [3.63, 3.8) is 0 Å². The third kappa shape index (κ3) is 2.90. The molecule has 2 rings (SSSR count). The van der Waals surface area contributed by atoms with Gasteiger partial charge in [0.05, 0.1) is 13.7 Å². The highest BCUT2D eigenvalue weighted by Crippen LogP contribution is 2.34. The van der Waals surface area contributed by atoms with Crippen molar-refractivity contribution in [1.29, 1.82) is 0 Å². The summed E-state index contributed by atoms with van der Waals surface area (Å²) in [7, 11) is 1.67. The fraction of sp³-hybridized carbons (Fsp3) is 0.538. The molecule has 1 aliphatic rings. The maximum absolute atomic E-state index is 5.75. The number of hydrogen-bond donors (Lipinski definition) is 2. The van der Waals surface area contributed by atoms with Crippen LogP contribution in [0.3, 0.4) is 0 Å². The number of benzene rings is 1. The standard InChI is InChI=1S/C13H20N2O2/c1-16-10-4-5-11-12(15-7-6-14)3-2-8-17-13(11)9-10/h4-5,9,12,15H,2-3,6-8,14H2,1H3. The van der Waals surface area contributed by atoms with Crippen LogP contribution in [0.15, 0.2) is 18.2 Å². The zero-order valence-corrected chi connectivity index (χ0v) is 10.2. The molecule has 4 nitrogen and oxygen atoms in total.